The van der Waals surface area contributed by atoms with E-state index in [0.717, 1.165) is 11.3 Å². The number of hydrogen-bond acceptors (Lipinski definition) is 6. The second kappa shape index (κ2) is 7.12. The fourth-order valence-corrected chi connectivity index (χ4v) is 2.36. The Balaban J connectivity index is 1.71. The van der Waals surface area contributed by atoms with Gasteiger partial charge >= 0.3 is 0 Å². The Bertz CT molecular complexity index is 871. The van der Waals surface area contributed by atoms with Crippen LogP contribution < -0.4 is 10.6 Å². The first-order valence-corrected chi connectivity index (χ1v) is 7.95. The van der Waals surface area contributed by atoms with Gasteiger partial charge in [0, 0.05) is 24.1 Å². The molecule has 0 aliphatic heterocycles. The summed E-state index contributed by atoms with van der Waals surface area (Å²) in [5.74, 6) is 1.59. The zero-order chi connectivity index (χ0) is 17.8. The third-order valence-electron chi connectivity index (χ3n) is 3.61. The number of nitrogens with zero attached hydrogens (tertiary/aromatic N) is 3. The van der Waals surface area contributed by atoms with E-state index in [4.69, 9.17) is 4.52 Å². The van der Waals surface area contributed by atoms with E-state index in [0.29, 0.717) is 29.0 Å². The molecule has 0 saturated heterocycles. The van der Waals surface area contributed by atoms with Gasteiger partial charge in [0.05, 0.1) is 5.56 Å². The van der Waals surface area contributed by atoms with E-state index in [1.807, 2.05) is 24.3 Å². The number of rotatable bonds is 5. The lowest BCUT2D eigenvalue weighted by Gasteiger charge is -2.13. The van der Waals surface area contributed by atoms with Gasteiger partial charge in [-0.1, -0.05) is 37.2 Å². The van der Waals surface area contributed by atoms with E-state index in [2.05, 4.69) is 39.6 Å². The number of hydrogen-bond donors (Lipinski definition) is 2. The number of benzene rings is 1. The minimum absolute atomic E-state index is 0.253. The van der Waals surface area contributed by atoms with Crippen molar-refractivity contribution < 1.29 is 9.32 Å². The van der Waals surface area contributed by atoms with E-state index in [-0.39, 0.29) is 5.91 Å². The summed E-state index contributed by atoms with van der Waals surface area (Å²) in [4.78, 5) is 20.7. The fourth-order valence-electron chi connectivity index (χ4n) is 2.36. The lowest BCUT2D eigenvalue weighted by atomic mass is 10.0. The first-order chi connectivity index (χ1) is 12.0. The maximum Gasteiger partial charge on any atom is 0.258 e. The number of para-hydroxylation sites is 1. The van der Waals surface area contributed by atoms with Crippen molar-refractivity contribution in [3.05, 3.63) is 59.6 Å². The zero-order valence-corrected chi connectivity index (χ0v) is 14.3. The molecule has 3 aromatic rings. The molecule has 7 heteroatoms. The highest BCUT2D eigenvalue weighted by Gasteiger charge is 2.12. The first-order valence-electron chi connectivity index (χ1n) is 7.95. The van der Waals surface area contributed by atoms with Crippen molar-refractivity contribution in [3.8, 4) is 0 Å². The molecule has 0 radical (unpaired) electrons. The second-order valence-electron chi connectivity index (χ2n) is 5.94. The maximum atomic E-state index is 12.4. The topological polar surface area (TPSA) is 92.9 Å². The quantitative estimate of drug-likeness (QED) is 0.733. The molecule has 1 amide bonds. The van der Waals surface area contributed by atoms with Gasteiger partial charge in [-0.15, -0.1) is 0 Å². The average molecular weight is 337 g/mol. The SMILES string of the molecule is Cc1cc(Nc2ncc(C(=O)Nc3ccccc3C(C)C)cn2)no1. The molecule has 7 nitrogen and oxygen atoms in total. The summed E-state index contributed by atoms with van der Waals surface area (Å²) in [5, 5.41) is 9.62. The number of carbonyl (C=O) groups is 1. The van der Waals surface area contributed by atoms with Crippen molar-refractivity contribution in [1.29, 1.82) is 0 Å². The van der Waals surface area contributed by atoms with Gasteiger partial charge in [-0.3, -0.25) is 4.79 Å². The predicted molar refractivity (Wildman–Crippen MR) is 95.0 cm³/mol. The van der Waals surface area contributed by atoms with Gasteiger partial charge in [0.2, 0.25) is 5.95 Å². The molecule has 0 saturated carbocycles. The van der Waals surface area contributed by atoms with Crippen LogP contribution in [0.1, 0.15) is 41.4 Å². The van der Waals surface area contributed by atoms with E-state index in [1.165, 1.54) is 12.4 Å². The molecule has 3 rings (SSSR count). The average Bonchev–Trinajstić information content (AvgIpc) is 3.00. The lowest BCUT2D eigenvalue weighted by Crippen LogP contribution is -2.14. The zero-order valence-electron chi connectivity index (χ0n) is 14.3. The molecule has 2 N–H and O–H groups in total. The van der Waals surface area contributed by atoms with Crippen LogP contribution in [-0.4, -0.2) is 21.0 Å². The molecule has 2 aromatic heterocycles. The Kier molecular flexibility index (Phi) is 4.74. The molecule has 2 heterocycles. The fraction of sp³-hybridized carbons (Fsp3) is 0.222. The molecule has 128 valence electrons. The maximum absolute atomic E-state index is 12.4. The van der Waals surface area contributed by atoms with Gasteiger partial charge in [-0.2, -0.15) is 0 Å². The summed E-state index contributed by atoms with van der Waals surface area (Å²) in [6, 6.07) is 9.47. The Morgan fingerprint density at radius 2 is 1.88 bits per heavy atom. The molecule has 1 aromatic carbocycles. The lowest BCUT2D eigenvalue weighted by molar-refractivity contribution is 0.102. The molecule has 25 heavy (non-hydrogen) atoms. The largest absolute Gasteiger partial charge is 0.360 e. The summed E-state index contributed by atoms with van der Waals surface area (Å²) >= 11 is 0. The number of amides is 1. The highest BCUT2D eigenvalue weighted by molar-refractivity contribution is 6.04. The Labute approximate surface area is 145 Å². The van der Waals surface area contributed by atoms with Crippen LogP contribution in [-0.2, 0) is 0 Å². The van der Waals surface area contributed by atoms with Crippen LogP contribution in [0.3, 0.4) is 0 Å². The minimum Gasteiger partial charge on any atom is -0.360 e. The number of nitrogens with one attached hydrogen (secondary N) is 2. The summed E-state index contributed by atoms with van der Waals surface area (Å²) in [6.07, 6.45) is 2.94. The van der Waals surface area contributed by atoms with Gasteiger partial charge in [0.1, 0.15) is 5.76 Å². The number of aromatic nitrogens is 3. The van der Waals surface area contributed by atoms with E-state index < -0.39 is 0 Å². The standard InChI is InChI=1S/C18H19N5O2/c1-11(2)14-6-4-5-7-15(14)21-17(24)13-9-19-18(20-10-13)22-16-8-12(3)25-23-16/h4-11H,1-3H3,(H,21,24)(H,19,20,22,23). The van der Waals surface area contributed by atoms with Crippen molar-refractivity contribution in [3.63, 3.8) is 0 Å². The van der Waals surface area contributed by atoms with E-state index in [9.17, 15) is 4.79 Å². The van der Waals surface area contributed by atoms with Crippen molar-refractivity contribution in [2.24, 2.45) is 0 Å². The first kappa shape index (κ1) is 16.6. The normalized spacial score (nSPS) is 10.7. The van der Waals surface area contributed by atoms with E-state index >= 15 is 0 Å². The molecule has 0 aliphatic rings. The second-order valence-corrected chi connectivity index (χ2v) is 5.94. The number of anilines is 3. The number of aryl methyl sites for hydroxylation is 1. The monoisotopic (exact) mass is 337 g/mol. The third-order valence-corrected chi connectivity index (χ3v) is 3.61. The van der Waals surface area contributed by atoms with E-state index in [1.54, 1.807) is 13.0 Å². The summed E-state index contributed by atoms with van der Waals surface area (Å²) < 4.78 is 4.96. The van der Waals surface area contributed by atoms with Gasteiger partial charge in [0.25, 0.3) is 5.91 Å². The molecular formula is C18H19N5O2. The smallest absolute Gasteiger partial charge is 0.258 e. The Morgan fingerprint density at radius 1 is 1.16 bits per heavy atom. The van der Waals surface area contributed by atoms with Crippen LogP contribution in [0.15, 0.2) is 47.2 Å². The van der Waals surface area contributed by atoms with Gasteiger partial charge < -0.3 is 15.2 Å². The molecule has 0 bridgehead atoms. The van der Waals surface area contributed by atoms with Crippen LogP contribution >= 0.6 is 0 Å². The molecule has 0 atom stereocenters. The summed E-state index contributed by atoms with van der Waals surface area (Å²) in [7, 11) is 0. The summed E-state index contributed by atoms with van der Waals surface area (Å²) in [5.41, 5.74) is 2.25. The Morgan fingerprint density at radius 3 is 2.52 bits per heavy atom. The number of carbonyl (C=O) groups excluding carboxylic acids is 1. The van der Waals surface area contributed by atoms with Crippen LogP contribution in [0, 0.1) is 6.92 Å². The van der Waals surface area contributed by atoms with Crippen LogP contribution in [0.5, 0.6) is 0 Å². The molecule has 0 aliphatic carbocycles. The highest BCUT2D eigenvalue weighted by atomic mass is 16.5. The molecule has 0 unspecified atom stereocenters. The summed E-state index contributed by atoms with van der Waals surface area (Å²) in [6.45, 7) is 5.96. The van der Waals surface area contributed by atoms with Crippen molar-refractivity contribution >= 4 is 23.4 Å². The molecule has 0 spiro atoms. The van der Waals surface area contributed by atoms with Gasteiger partial charge in [-0.05, 0) is 24.5 Å². The Hall–Kier alpha value is -3.22. The third kappa shape index (κ3) is 4.00. The minimum atomic E-state index is -0.253. The van der Waals surface area contributed by atoms with Crippen molar-refractivity contribution in [1.82, 2.24) is 15.1 Å². The molecular weight excluding hydrogens is 318 g/mol. The van der Waals surface area contributed by atoms with Gasteiger partial charge in [0.15, 0.2) is 5.82 Å². The molecule has 0 fully saturated rings. The van der Waals surface area contributed by atoms with Crippen molar-refractivity contribution in [2.75, 3.05) is 10.6 Å². The van der Waals surface area contributed by atoms with Crippen molar-refractivity contribution in [2.45, 2.75) is 26.7 Å². The highest BCUT2D eigenvalue weighted by Crippen LogP contribution is 2.24. The van der Waals surface area contributed by atoms with Crippen LogP contribution in [0.25, 0.3) is 0 Å². The predicted octanol–water partition coefficient (Wildman–Crippen LogP) is 3.89. The van der Waals surface area contributed by atoms with Crippen LogP contribution in [0.2, 0.25) is 0 Å². The van der Waals surface area contributed by atoms with Gasteiger partial charge in [-0.25, -0.2) is 9.97 Å². The van der Waals surface area contributed by atoms with Crippen LogP contribution in [0.4, 0.5) is 17.5 Å².